The quantitative estimate of drug-likeness (QED) is 0.340. The number of halogens is 1. The van der Waals surface area contributed by atoms with Gasteiger partial charge in [0, 0.05) is 63.1 Å². The van der Waals surface area contributed by atoms with Crippen molar-refractivity contribution in [3.8, 4) is 17.3 Å². The third-order valence-corrected chi connectivity index (χ3v) is 9.21. The lowest BCUT2D eigenvalue weighted by molar-refractivity contribution is -0.142. The summed E-state index contributed by atoms with van der Waals surface area (Å²) in [6, 6.07) is 10.4. The second-order valence-corrected chi connectivity index (χ2v) is 12.2. The van der Waals surface area contributed by atoms with Gasteiger partial charge in [0.1, 0.15) is 34.0 Å². The first-order valence-electron chi connectivity index (χ1n) is 14.4. The van der Waals surface area contributed by atoms with Crippen molar-refractivity contribution in [3.05, 3.63) is 52.4 Å². The lowest BCUT2D eigenvalue weighted by atomic mass is 10.1. The Hall–Kier alpha value is -4.12. The van der Waals surface area contributed by atoms with Gasteiger partial charge in [-0.15, -0.1) is 0 Å². The lowest BCUT2D eigenvalue weighted by Crippen LogP contribution is -2.58. The number of rotatable bonds is 7. The monoisotopic (exact) mass is 603 g/mol. The van der Waals surface area contributed by atoms with E-state index in [4.69, 9.17) is 15.1 Å². The Morgan fingerprint density at radius 1 is 1.21 bits per heavy atom. The molecule has 0 bridgehead atoms. The van der Waals surface area contributed by atoms with E-state index in [-0.39, 0.29) is 17.8 Å². The number of amides is 1. The number of anilines is 3. The van der Waals surface area contributed by atoms with Gasteiger partial charge in [-0.3, -0.25) is 9.69 Å². The number of likely N-dealkylation sites (tertiary alicyclic amines) is 1. The molecule has 0 radical (unpaired) electrons. The summed E-state index contributed by atoms with van der Waals surface area (Å²) in [5.74, 6) is 0.558. The fourth-order valence-corrected chi connectivity index (χ4v) is 6.66. The molecule has 2 saturated heterocycles. The Morgan fingerprint density at radius 2 is 1.95 bits per heavy atom. The van der Waals surface area contributed by atoms with Gasteiger partial charge in [-0.05, 0) is 44.5 Å². The van der Waals surface area contributed by atoms with E-state index in [2.05, 4.69) is 22.8 Å². The number of aromatic nitrogens is 4. The van der Waals surface area contributed by atoms with Crippen molar-refractivity contribution in [3.63, 3.8) is 0 Å². The molecule has 1 amide bonds. The predicted octanol–water partition coefficient (Wildman–Crippen LogP) is 3.22. The molecule has 2 fully saturated rings. The van der Waals surface area contributed by atoms with Gasteiger partial charge in [-0.2, -0.15) is 10.4 Å². The average Bonchev–Trinajstić information content (AvgIpc) is 3.58. The smallest absolute Gasteiger partial charge is 0.236 e. The number of piperazine rings is 1. The summed E-state index contributed by atoms with van der Waals surface area (Å²) in [7, 11) is 1.91. The van der Waals surface area contributed by atoms with E-state index in [0.717, 1.165) is 42.5 Å². The normalized spacial score (nSPS) is 17.7. The molecule has 4 aromatic rings. The highest BCUT2D eigenvalue weighted by Crippen LogP contribution is 2.38. The molecule has 1 N–H and O–H groups in total. The fraction of sp³-hybridized carbons (Fsp3) is 0.433. The molecule has 6 rings (SSSR count). The van der Waals surface area contributed by atoms with Crippen LogP contribution in [0.25, 0.3) is 16.9 Å². The Labute approximate surface area is 253 Å². The highest BCUT2D eigenvalue weighted by Gasteiger charge is 2.32. The molecule has 0 spiro atoms. The van der Waals surface area contributed by atoms with Gasteiger partial charge in [0.2, 0.25) is 5.91 Å². The number of aliphatic hydroxyl groups excluding tert-OH is 1. The van der Waals surface area contributed by atoms with Crippen LogP contribution in [0.5, 0.6) is 0 Å². The van der Waals surface area contributed by atoms with E-state index >= 15 is 0 Å². The molecule has 3 aromatic heterocycles. The molecule has 5 heterocycles. The van der Waals surface area contributed by atoms with Gasteiger partial charge < -0.3 is 19.8 Å². The van der Waals surface area contributed by atoms with Crippen LogP contribution in [0, 0.1) is 24.1 Å². The van der Waals surface area contributed by atoms with Crippen LogP contribution in [0.15, 0.2) is 30.3 Å². The summed E-state index contributed by atoms with van der Waals surface area (Å²) < 4.78 is 15.4. The number of carbonyl (C=O) groups is 1. The SMILES string of the molecule is CCc1nn2c(C)cc(N3CCN(CC(=O)N4CC(O)C4)C[C@H]3C)nc2c1N(C)c1nc(-c2ccc(F)cc2)c(C#N)s1. The van der Waals surface area contributed by atoms with Crippen LogP contribution in [-0.2, 0) is 11.2 Å². The van der Waals surface area contributed by atoms with E-state index in [1.165, 1.54) is 23.5 Å². The minimum absolute atomic E-state index is 0.0599. The van der Waals surface area contributed by atoms with Crippen molar-refractivity contribution < 1.29 is 14.3 Å². The van der Waals surface area contributed by atoms with Crippen molar-refractivity contribution in [1.29, 1.82) is 5.26 Å². The lowest BCUT2D eigenvalue weighted by Gasteiger charge is -2.42. The minimum Gasteiger partial charge on any atom is -0.389 e. The third-order valence-electron chi connectivity index (χ3n) is 8.17. The van der Waals surface area contributed by atoms with Gasteiger partial charge in [0.15, 0.2) is 10.8 Å². The van der Waals surface area contributed by atoms with Gasteiger partial charge in [0.05, 0.1) is 18.3 Å². The summed E-state index contributed by atoms with van der Waals surface area (Å²) in [4.78, 5) is 31.0. The Balaban J connectivity index is 1.29. The number of benzene rings is 1. The largest absolute Gasteiger partial charge is 0.389 e. The number of thiazole rings is 1. The second-order valence-electron chi connectivity index (χ2n) is 11.2. The van der Waals surface area contributed by atoms with Crippen LogP contribution < -0.4 is 9.80 Å². The van der Waals surface area contributed by atoms with E-state index < -0.39 is 6.10 Å². The van der Waals surface area contributed by atoms with E-state index in [1.54, 1.807) is 17.0 Å². The zero-order valence-electron chi connectivity index (χ0n) is 24.7. The number of carbonyl (C=O) groups excluding carboxylic acids is 1. The summed E-state index contributed by atoms with van der Waals surface area (Å²) >= 11 is 1.28. The topological polar surface area (TPSA) is 117 Å². The first-order valence-corrected chi connectivity index (χ1v) is 15.2. The fourth-order valence-electron chi connectivity index (χ4n) is 5.80. The molecular formula is C30H34FN9O2S. The third kappa shape index (κ3) is 5.42. The Morgan fingerprint density at radius 3 is 2.60 bits per heavy atom. The van der Waals surface area contributed by atoms with Gasteiger partial charge in [0.25, 0.3) is 0 Å². The molecule has 2 aliphatic heterocycles. The molecule has 13 heteroatoms. The molecule has 0 aliphatic carbocycles. The molecule has 1 aromatic carbocycles. The van der Waals surface area contributed by atoms with Crippen LogP contribution in [0.4, 0.5) is 21.0 Å². The van der Waals surface area contributed by atoms with Crippen LogP contribution >= 0.6 is 11.3 Å². The number of hydrogen-bond donors (Lipinski definition) is 1. The molecule has 2 aliphatic rings. The molecule has 0 saturated carbocycles. The van der Waals surface area contributed by atoms with E-state index in [0.29, 0.717) is 53.0 Å². The first kappa shape index (κ1) is 29.0. The van der Waals surface area contributed by atoms with Crippen LogP contribution in [-0.4, -0.2) is 98.9 Å². The van der Waals surface area contributed by atoms with Crippen molar-refractivity contribution in [2.45, 2.75) is 39.3 Å². The minimum atomic E-state index is -0.398. The second kappa shape index (κ2) is 11.5. The van der Waals surface area contributed by atoms with E-state index in [9.17, 15) is 19.6 Å². The van der Waals surface area contributed by atoms with Crippen LogP contribution in [0.1, 0.15) is 30.1 Å². The number of aliphatic hydroxyl groups is 1. The molecule has 43 heavy (non-hydrogen) atoms. The molecular weight excluding hydrogens is 569 g/mol. The summed E-state index contributed by atoms with van der Waals surface area (Å²) in [5.41, 5.74) is 4.53. The number of β-amino-alcohol motifs (C(OH)–C–C–N with tert-alkyl or cyclic N) is 1. The molecule has 224 valence electrons. The van der Waals surface area contributed by atoms with Crippen molar-refractivity contribution >= 4 is 39.5 Å². The summed E-state index contributed by atoms with van der Waals surface area (Å²) in [6.45, 7) is 9.57. The average molecular weight is 604 g/mol. The highest BCUT2D eigenvalue weighted by atomic mass is 32.1. The van der Waals surface area contributed by atoms with Crippen LogP contribution in [0.2, 0.25) is 0 Å². The van der Waals surface area contributed by atoms with Gasteiger partial charge in [-0.1, -0.05) is 18.3 Å². The van der Waals surface area contributed by atoms with Gasteiger partial charge >= 0.3 is 0 Å². The number of fused-ring (bicyclic) bond motifs is 1. The maximum Gasteiger partial charge on any atom is 0.236 e. The maximum atomic E-state index is 13.5. The number of nitrogens with zero attached hydrogens (tertiary/aromatic N) is 9. The first-order chi connectivity index (χ1) is 20.7. The zero-order chi connectivity index (χ0) is 30.4. The Kier molecular flexibility index (Phi) is 7.76. The number of aryl methyl sites for hydroxylation is 2. The Bertz CT molecular complexity index is 1710. The van der Waals surface area contributed by atoms with Crippen molar-refractivity contribution in [1.82, 2.24) is 29.4 Å². The summed E-state index contributed by atoms with van der Waals surface area (Å²) in [5, 5.41) is 24.9. The standard InChI is InChI=1S/C30H34FN9O2S/c1-5-23-28(36(4)30-34-27(24(13-32)43-30)20-6-8-21(31)9-7-20)29-33-25(12-18(2)40(29)35-23)39-11-10-37(14-19(39)3)17-26(42)38-15-22(41)16-38/h6-9,12,19,22,41H,5,10-11,14-17H2,1-4H3/t19-/m1/s1. The van der Waals surface area contributed by atoms with Crippen molar-refractivity contribution in [2.24, 2.45) is 0 Å². The number of hydrogen-bond acceptors (Lipinski definition) is 10. The number of nitriles is 1. The van der Waals surface area contributed by atoms with E-state index in [1.807, 2.05) is 36.4 Å². The predicted molar refractivity (Wildman–Crippen MR) is 163 cm³/mol. The van der Waals surface area contributed by atoms with Crippen molar-refractivity contribution in [2.75, 3.05) is 56.1 Å². The molecule has 11 nitrogen and oxygen atoms in total. The van der Waals surface area contributed by atoms with Gasteiger partial charge in [-0.25, -0.2) is 18.9 Å². The zero-order valence-corrected chi connectivity index (χ0v) is 25.5. The molecule has 0 unspecified atom stereocenters. The van der Waals surface area contributed by atoms with Crippen LogP contribution in [0.3, 0.4) is 0 Å². The maximum absolute atomic E-state index is 13.5. The molecule has 1 atom stereocenters. The summed E-state index contributed by atoms with van der Waals surface area (Å²) in [6.07, 6.45) is 0.279. The highest BCUT2D eigenvalue weighted by molar-refractivity contribution is 7.16.